The Hall–Kier alpha value is -1.75. The van der Waals surface area contributed by atoms with Crippen LogP contribution in [0.1, 0.15) is 36.0 Å². The lowest BCUT2D eigenvalue weighted by atomic mass is 9.81. The Morgan fingerprint density at radius 2 is 2.05 bits per heavy atom. The fourth-order valence-electron chi connectivity index (χ4n) is 3.44. The van der Waals surface area contributed by atoms with E-state index in [0.717, 1.165) is 37.1 Å². The number of carbonyl (C=O) groups is 1. The van der Waals surface area contributed by atoms with E-state index in [1.807, 2.05) is 11.9 Å². The minimum Gasteiger partial charge on any atom is -0.478 e. The molecule has 1 aliphatic carbocycles. The molecule has 0 radical (unpaired) electrons. The summed E-state index contributed by atoms with van der Waals surface area (Å²) in [4.78, 5) is 13.1. The molecular formula is C16H21NO4. The molecule has 1 atom stereocenters. The van der Waals surface area contributed by atoms with E-state index in [2.05, 4.69) is 0 Å². The van der Waals surface area contributed by atoms with Gasteiger partial charge in [0, 0.05) is 19.6 Å². The number of aromatic carboxylic acids is 1. The molecule has 2 N–H and O–H groups in total. The van der Waals surface area contributed by atoms with Gasteiger partial charge >= 0.3 is 5.97 Å². The number of carboxylic acid groups (broad SMARTS) is 1. The van der Waals surface area contributed by atoms with Crippen LogP contribution in [0.4, 0.5) is 5.69 Å². The minimum atomic E-state index is -0.918. The normalized spacial score (nSPS) is 28.1. The van der Waals surface area contributed by atoms with Crippen molar-refractivity contribution in [3.05, 3.63) is 23.8 Å². The van der Waals surface area contributed by atoms with Gasteiger partial charge in [-0.2, -0.15) is 0 Å². The van der Waals surface area contributed by atoms with Crippen LogP contribution in [0.3, 0.4) is 0 Å². The number of anilines is 1. The first kappa shape index (κ1) is 14.2. The van der Waals surface area contributed by atoms with Crippen LogP contribution < -0.4 is 9.64 Å². The number of aliphatic hydroxyl groups excluding tert-OH is 1. The van der Waals surface area contributed by atoms with Crippen molar-refractivity contribution in [3.63, 3.8) is 0 Å². The van der Waals surface area contributed by atoms with E-state index in [9.17, 15) is 9.90 Å². The Morgan fingerprint density at radius 3 is 2.67 bits per heavy atom. The predicted octanol–water partition coefficient (Wildman–Crippen LogP) is 2.34. The molecule has 2 aliphatic rings. The van der Waals surface area contributed by atoms with Crippen LogP contribution in [-0.2, 0) is 0 Å². The third-order valence-corrected chi connectivity index (χ3v) is 4.77. The van der Waals surface area contributed by atoms with E-state index >= 15 is 0 Å². The zero-order valence-electron chi connectivity index (χ0n) is 12.2. The predicted molar refractivity (Wildman–Crippen MR) is 78.8 cm³/mol. The first-order valence-electron chi connectivity index (χ1n) is 7.48. The molecular weight excluding hydrogens is 270 g/mol. The number of hydrogen-bond donors (Lipinski definition) is 2. The molecule has 21 heavy (non-hydrogen) atoms. The zero-order chi connectivity index (χ0) is 15.0. The van der Waals surface area contributed by atoms with Crippen LogP contribution in [-0.4, -0.2) is 36.1 Å². The van der Waals surface area contributed by atoms with Gasteiger partial charge in [0.1, 0.15) is 5.75 Å². The van der Waals surface area contributed by atoms with E-state index < -0.39 is 5.97 Å². The van der Waals surface area contributed by atoms with Gasteiger partial charge in [-0.15, -0.1) is 0 Å². The van der Waals surface area contributed by atoms with Crippen molar-refractivity contribution < 1.29 is 19.7 Å². The van der Waals surface area contributed by atoms with Crippen molar-refractivity contribution in [2.24, 2.45) is 11.8 Å². The molecule has 0 saturated heterocycles. The number of ether oxygens (including phenoxy) is 1. The quantitative estimate of drug-likeness (QED) is 0.894. The average molecular weight is 291 g/mol. The summed E-state index contributed by atoms with van der Waals surface area (Å²) in [5.74, 6) is 0.697. The van der Waals surface area contributed by atoms with Gasteiger partial charge in [-0.05, 0) is 49.8 Å². The molecule has 1 aromatic carbocycles. The van der Waals surface area contributed by atoms with Gasteiger partial charge in [0.15, 0.2) is 6.23 Å². The van der Waals surface area contributed by atoms with Gasteiger partial charge in [0.25, 0.3) is 0 Å². The highest BCUT2D eigenvalue weighted by atomic mass is 16.5. The molecule has 1 heterocycles. The third-order valence-electron chi connectivity index (χ3n) is 4.77. The Bertz CT molecular complexity index is 537. The number of benzene rings is 1. The second kappa shape index (κ2) is 5.56. The molecule has 0 aromatic heterocycles. The van der Waals surface area contributed by atoms with Crippen LogP contribution in [0.15, 0.2) is 18.2 Å². The minimum absolute atomic E-state index is 0.0244. The summed E-state index contributed by atoms with van der Waals surface area (Å²) in [6.45, 7) is 0.274. The first-order valence-corrected chi connectivity index (χ1v) is 7.48. The van der Waals surface area contributed by atoms with Crippen molar-refractivity contribution in [2.45, 2.75) is 31.9 Å². The highest BCUT2D eigenvalue weighted by Gasteiger charge is 2.37. The Kier molecular flexibility index (Phi) is 3.76. The maximum Gasteiger partial charge on any atom is 0.335 e. The molecule has 0 bridgehead atoms. The van der Waals surface area contributed by atoms with Crippen LogP contribution >= 0.6 is 0 Å². The van der Waals surface area contributed by atoms with E-state index in [0.29, 0.717) is 11.8 Å². The Balaban J connectivity index is 1.75. The molecule has 5 heteroatoms. The zero-order valence-corrected chi connectivity index (χ0v) is 12.2. The summed E-state index contributed by atoms with van der Waals surface area (Å²) >= 11 is 0. The second-order valence-electron chi connectivity index (χ2n) is 6.07. The molecule has 0 amide bonds. The smallest absolute Gasteiger partial charge is 0.335 e. The SMILES string of the molecule is CN1c2cc(C(=O)O)ccc2OC1C1CCC(CO)CC1. The van der Waals surface area contributed by atoms with Gasteiger partial charge in [-0.25, -0.2) is 4.79 Å². The van der Waals surface area contributed by atoms with Gasteiger partial charge in [-0.1, -0.05) is 0 Å². The lowest BCUT2D eigenvalue weighted by Crippen LogP contribution is -2.40. The fraction of sp³-hybridized carbons (Fsp3) is 0.562. The van der Waals surface area contributed by atoms with Crippen LogP contribution in [0.2, 0.25) is 0 Å². The Labute approximate surface area is 124 Å². The lowest BCUT2D eigenvalue weighted by Gasteiger charge is -2.34. The van der Waals surface area contributed by atoms with Crippen LogP contribution in [0.25, 0.3) is 0 Å². The molecule has 1 unspecified atom stereocenters. The summed E-state index contributed by atoms with van der Waals surface area (Å²) in [6, 6.07) is 5.01. The van der Waals surface area contributed by atoms with E-state index in [1.165, 1.54) is 0 Å². The monoisotopic (exact) mass is 291 g/mol. The lowest BCUT2D eigenvalue weighted by molar-refractivity contribution is 0.0697. The number of rotatable bonds is 3. The summed E-state index contributed by atoms with van der Waals surface area (Å²) < 4.78 is 6.03. The van der Waals surface area contributed by atoms with Crippen LogP contribution in [0, 0.1) is 11.8 Å². The van der Waals surface area contributed by atoms with Crippen molar-refractivity contribution in [1.82, 2.24) is 0 Å². The standard InChI is InChI=1S/C16H21NO4/c1-17-13-8-12(16(19)20)6-7-14(13)21-15(17)11-4-2-10(9-18)3-5-11/h6-8,10-11,15,18H,2-5,9H2,1H3,(H,19,20). The van der Waals surface area contributed by atoms with E-state index in [1.54, 1.807) is 18.2 Å². The second-order valence-corrected chi connectivity index (χ2v) is 6.07. The fourth-order valence-corrected chi connectivity index (χ4v) is 3.44. The molecule has 5 nitrogen and oxygen atoms in total. The molecule has 1 fully saturated rings. The maximum absolute atomic E-state index is 11.1. The van der Waals surface area contributed by atoms with Crippen molar-refractivity contribution in [1.29, 1.82) is 0 Å². The number of carboxylic acids is 1. The number of hydrogen-bond acceptors (Lipinski definition) is 4. The summed E-state index contributed by atoms with van der Waals surface area (Å²) in [6.07, 6.45) is 4.13. The third kappa shape index (κ3) is 2.58. The van der Waals surface area contributed by atoms with Gasteiger partial charge < -0.3 is 19.8 Å². The summed E-state index contributed by atoms with van der Waals surface area (Å²) in [5.41, 5.74) is 1.14. The highest BCUT2D eigenvalue weighted by Crippen LogP contribution is 2.42. The van der Waals surface area contributed by atoms with Gasteiger partial charge in [0.2, 0.25) is 0 Å². The summed E-state index contributed by atoms with van der Waals surface area (Å²) in [5, 5.41) is 18.3. The largest absolute Gasteiger partial charge is 0.478 e. The number of fused-ring (bicyclic) bond motifs is 1. The number of nitrogens with zero attached hydrogens (tertiary/aromatic N) is 1. The molecule has 0 spiro atoms. The van der Waals surface area contributed by atoms with Crippen LogP contribution in [0.5, 0.6) is 5.75 Å². The van der Waals surface area contributed by atoms with E-state index in [-0.39, 0.29) is 18.4 Å². The highest BCUT2D eigenvalue weighted by molar-refractivity contribution is 5.90. The van der Waals surface area contributed by atoms with Crippen molar-refractivity contribution in [2.75, 3.05) is 18.6 Å². The summed E-state index contributed by atoms with van der Waals surface area (Å²) in [7, 11) is 1.96. The van der Waals surface area contributed by atoms with Gasteiger partial charge in [0.05, 0.1) is 11.3 Å². The van der Waals surface area contributed by atoms with Crippen molar-refractivity contribution in [3.8, 4) is 5.75 Å². The van der Waals surface area contributed by atoms with Crippen molar-refractivity contribution >= 4 is 11.7 Å². The molecule has 1 saturated carbocycles. The molecule has 114 valence electrons. The number of aliphatic hydroxyl groups is 1. The topological polar surface area (TPSA) is 70.0 Å². The maximum atomic E-state index is 11.1. The Morgan fingerprint density at radius 1 is 1.33 bits per heavy atom. The van der Waals surface area contributed by atoms with E-state index in [4.69, 9.17) is 9.84 Å². The average Bonchev–Trinajstić information content (AvgIpc) is 2.84. The van der Waals surface area contributed by atoms with Gasteiger partial charge in [-0.3, -0.25) is 0 Å². The molecule has 3 rings (SSSR count). The molecule has 1 aromatic rings. The first-order chi connectivity index (χ1) is 10.1. The molecule has 1 aliphatic heterocycles.